The summed E-state index contributed by atoms with van der Waals surface area (Å²) in [5.41, 5.74) is 7.02. The van der Waals surface area contributed by atoms with Crippen LogP contribution >= 0.6 is 26.3 Å². The van der Waals surface area contributed by atoms with Gasteiger partial charge >= 0.3 is 216 Å². The zero-order valence-electron chi connectivity index (χ0n) is 29.2. The number of ether oxygens (including phenoxy) is 1. The molecule has 49 heavy (non-hydrogen) atoms. The van der Waals surface area contributed by atoms with Crippen LogP contribution in [0.15, 0.2) is 120 Å². The molecule has 1 aliphatic rings. The summed E-state index contributed by atoms with van der Waals surface area (Å²) in [5, 5.41) is 10.9. The summed E-state index contributed by atoms with van der Waals surface area (Å²) in [6.45, 7) is 0.755. The molecule has 6 nitrogen and oxygen atoms in total. The Morgan fingerprint density at radius 2 is 1.10 bits per heavy atom. The number of rotatable bonds is 18. The number of aliphatic imine (C=N–C) groups is 1. The molecule has 4 aromatic rings. The van der Waals surface area contributed by atoms with E-state index in [0.29, 0.717) is 5.96 Å². The van der Waals surface area contributed by atoms with Crippen molar-refractivity contribution in [1.29, 1.82) is 0 Å². The fourth-order valence-corrected chi connectivity index (χ4v) is 15.6. The molecule has 0 saturated carbocycles. The van der Waals surface area contributed by atoms with Crippen LogP contribution < -0.4 is 37.0 Å². The van der Waals surface area contributed by atoms with Gasteiger partial charge in [0.2, 0.25) is 0 Å². The average Bonchev–Trinajstić information content (AvgIpc) is 3.14. The third-order valence-electron chi connectivity index (χ3n) is 9.56. The Kier molecular flexibility index (Phi) is 13.5. The summed E-state index contributed by atoms with van der Waals surface area (Å²) in [6.07, 6.45) is 13.7. The number of benzene rings is 4. The van der Waals surface area contributed by atoms with Gasteiger partial charge in [0, 0.05) is 5.56 Å². The minimum absolute atomic E-state index is 0.212. The molecule has 1 heterocycles. The summed E-state index contributed by atoms with van der Waals surface area (Å²) >= 11 is 2.92. The second-order valence-corrected chi connectivity index (χ2v) is 24.0. The van der Waals surface area contributed by atoms with E-state index in [9.17, 15) is 0 Å². The van der Waals surface area contributed by atoms with E-state index < -0.39 is 4.25 Å². The van der Waals surface area contributed by atoms with E-state index in [1.54, 1.807) is 0 Å². The van der Waals surface area contributed by atoms with Crippen molar-refractivity contribution in [1.82, 2.24) is 10.6 Å². The van der Waals surface area contributed by atoms with Gasteiger partial charge in [0.25, 0.3) is 5.96 Å². The first-order valence-electron chi connectivity index (χ1n) is 17.9. The van der Waals surface area contributed by atoms with Gasteiger partial charge in [-0.05, 0) is 24.3 Å². The summed E-state index contributed by atoms with van der Waals surface area (Å²) in [4.78, 5) is 4.48. The summed E-state index contributed by atoms with van der Waals surface area (Å²) in [5.74, 6) is 2.14. The second kappa shape index (κ2) is 18.0. The largest absolute Gasteiger partial charge is 0.251 e. The molecule has 0 radical (unpaired) electrons. The number of nitrogens with one attached hydrogen (secondary N) is 2. The quantitative estimate of drug-likeness (QED) is 0.0414. The Morgan fingerprint density at radius 3 is 1.57 bits per heavy atom. The predicted octanol–water partition coefficient (Wildman–Crippen LogP) is 7.98. The first-order chi connectivity index (χ1) is 23.9. The van der Waals surface area contributed by atoms with Crippen molar-refractivity contribution in [2.75, 3.05) is 26.9 Å². The van der Waals surface area contributed by atoms with Gasteiger partial charge in [-0.15, -0.1) is 0 Å². The van der Waals surface area contributed by atoms with Crippen molar-refractivity contribution in [2.24, 2.45) is 10.7 Å². The topological polar surface area (TPSA) is 74.7 Å². The number of halogens is 1. The van der Waals surface area contributed by atoms with Gasteiger partial charge in [-0.25, -0.2) is 5.32 Å². The maximum atomic E-state index is 6.02. The molecule has 5 rings (SSSR count). The Morgan fingerprint density at radius 1 is 0.653 bits per heavy atom. The molecule has 4 N–H and O–H groups in total. The van der Waals surface area contributed by atoms with Crippen LogP contribution in [0.25, 0.3) is 0 Å². The van der Waals surface area contributed by atoms with Gasteiger partial charge in [-0.3, -0.25) is 9.89 Å². The first kappa shape index (κ1) is 36.9. The minimum atomic E-state index is -2.63. The van der Waals surface area contributed by atoms with Crippen molar-refractivity contribution >= 4 is 54.1 Å². The Labute approximate surface area is 307 Å². The Balaban J connectivity index is 0.988. The molecule has 1 aliphatic heterocycles. The standard InChI is InChI=1S/C41H53IN5OP/c1-47(2)41-45-39(44-40(43)46-41)34-28-30-35(31-29-34)48-32-20-9-7-5-3-4-6-8-10-21-33-49(42,36-22-14-11-15-23-36,37-24-16-12-17-25-37)38-26-18-13-19-27-38/h11-19,22-31,39H,3-10,20-21,32-33H2,1-2H3,(H3,43,44,45,46)/p+1. The Hall–Kier alpha value is -3.42. The van der Waals surface area contributed by atoms with E-state index in [-0.39, 0.29) is 6.17 Å². The van der Waals surface area contributed by atoms with Gasteiger partial charge in [0.1, 0.15) is 5.75 Å². The SMILES string of the molecule is C[N+](C)=C1NC(N)=NC(c2ccc(OCCCCCCCCCCCCP(I)(c3ccccc3)(c3ccccc3)c3ccccc3)cc2)N1. The molecule has 0 amide bonds. The maximum absolute atomic E-state index is 6.02. The van der Waals surface area contributed by atoms with Gasteiger partial charge in [-0.2, -0.15) is 4.99 Å². The molecular formula is C41H54IN5OP+. The molecular weight excluding hydrogens is 736 g/mol. The number of hydrogen-bond acceptors (Lipinski definition) is 3. The van der Waals surface area contributed by atoms with E-state index in [4.69, 9.17) is 10.5 Å². The van der Waals surface area contributed by atoms with Crippen molar-refractivity contribution in [3.63, 3.8) is 0 Å². The molecule has 0 spiro atoms. The molecule has 260 valence electrons. The number of nitrogens with zero attached hydrogens (tertiary/aromatic N) is 2. The van der Waals surface area contributed by atoms with E-state index >= 15 is 0 Å². The van der Waals surface area contributed by atoms with Crippen LogP contribution in [-0.4, -0.2) is 43.4 Å². The summed E-state index contributed by atoms with van der Waals surface area (Å²) in [7, 11) is 3.92. The van der Waals surface area contributed by atoms with Crippen LogP contribution in [0.4, 0.5) is 0 Å². The normalized spacial score (nSPS) is 15.3. The summed E-state index contributed by atoms with van der Waals surface area (Å²) < 4.78 is 5.34. The van der Waals surface area contributed by atoms with Gasteiger partial charge < -0.3 is 10.5 Å². The molecule has 0 aliphatic carbocycles. The molecule has 0 bridgehead atoms. The number of hydrogen-bond donors (Lipinski definition) is 3. The van der Waals surface area contributed by atoms with Crippen LogP contribution in [0, 0.1) is 0 Å². The van der Waals surface area contributed by atoms with Crippen LogP contribution in [0.5, 0.6) is 5.75 Å². The fraction of sp³-hybridized carbons (Fsp3) is 0.366. The average molecular weight is 791 g/mol. The van der Waals surface area contributed by atoms with Crippen LogP contribution in [-0.2, 0) is 0 Å². The van der Waals surface area contributed by atoms with E-state index in [1.165, 1.54) is 79.9 Å². The molecule has 0 saturated heterocycles. The fourth-order valence-electron chi connectivity index (χ4n) is 6.80. The van der Waals surface area contributed by atoms with Crippen molar-refractivity contribution < 1.29 is 9.31 Å². The molecule has 0 aromatic heterocycles. The van der Waals surface area contributed by atoms with E-state index in [1.807, 2.05) is 30.8 Å². The number of nitrogens with two attached hydrogens (primary N) is 1. The van der Waals surface area contributed by atoms with Gasteiger partial charge in [0.15, 0.2) is 6.17 Å². The molecule has 1 unspecified atom stereocenters. The Bertz CT molecular complexity index is 1540. The van der Waals surface area contributed by atoms with Crippen LogP contribution in [0.1, 0.15) is 75.9 Å². The predicted molar refractivity (Wildman–Crippen MR) is 220 cm³/mol. The third-order valence-corrected chi connectivity index (χ3v) is 21.3. The molecule has 4 aromatic carbocycles. The van der Waals surface area contributed by atoms with E-state index in [2.05, 4.69) is 141 Å². The second-order valence-electron chi connectivity index (χ2n) is 13.3. The zero-order valence-corrected chi connectivity index (χ0v) is 32.3. The van der Waals surface area contributed by atoms with E-state index in [0.717, 1.165) is 30.3 Å². The van der Waals surface area contributed by atoms with Crippen LogP contribution in [0.3, 0.4) is 0 Å². The number of unbranched alkanes of at least 4 members (excludes halogenated alkanes) is 9. The van der Waals surface area contributed by atoms with Crippen molar-refractivity contribution in [2.45, 2.75) is 70.4 Å². The molecule has 8 heteroatoms. The summed E-state index contributed by atoms with van der Waals surface area (Å²) in [6, 6.07) is 42.1. The zero-order chi connectivity index (χ0) is 34.4. The molecule has 0 fully saturated rings. The third kappa shape index (κ3) is 9.43. The smallest absolute Gasteiger partial charge is 0.0195 e. The van der Waals surface area contributed by atoms with Crippen LogP contribution in [0.2, 0.25) is 0 Å². The van der Waals surface area contributed by atoms with Crippen molar-refractivity contribution in [3.05, 3.63) is 121 Å². The number of guanidine groups is 2. The maximum Gasteiger partial charge on any atom is -0.0195 e. The first-order valence-corrected chi connectivity index (χ1v) is 23.1. The monoisotopic (exact) mass is 790 g/mol. The van der Waals surface area contributed by atoms with Gasteiger partial charge in [-0.1, -0.05) is 0 Å². The van der Waals surface area contributed by atoms with Crippen molar-refractivity contribution in [3.8, 4) is 5.75 Å². The minimum Gasteiger partial charge on any atom is -0.251 e. The van der Waals surface area contributed by atoms with Gasteiger partial charge in [0.05, 0.1) is 14.1 Å². The molecule has 1 atom stereocenters.